The molecule has 0 saturated heterocycles. The van der Waals surface area contributed by atoms with E-state index in [1.54, 1.807) is 12.1 Å². The van der Waals surface area contributed by atoms with Gasteiger partial charge in [0.2, 0.25) is 0 Å². The van der Waals surface area contributed by atoms with Crippen molar-refractivity contribution < 1.29 is 18.4 Å². The van der Waals surface area contributed by atoms with E-state index in [9.17, 15) is 8.42 Å². The summed E-state index contributed by atoms with van der Waals surface area (Å²) in [4.78, 5) is -0.0666. The van der Waals surface area contributed by atoms with Gasteiger partial charge in [0.15, 0.2) is 0 Å². The Morgan fingerprint density at radius 3 is 1.85 bits per heavy atom. The minimum atomic E-state index is -4.02. The summed E-state index contributed by atoms with van der Waals surface area (Å²) in [5.41, 5.74) is 0.956. The molecule has 0 spiro atoms. The first kappa shape index (κ1) is 15.6. The van der Waals surface area contributed by atoms with Gasteiger partial charge in [-0.2, -0.15) is 8.42 Å². The molecule has 0 heterocycles. The van der Waals surface area contributed by atoms with E-state index in [2.05, 4.69) is 0 Å². The predicted molar refractivity (Wildman–Crippen MR) is 51.8 cm³/mol. The van der Waals surface area contributed by atoms with Crippen LogP contribution in [0.15, 0.2) is 29.2 Å². The van der Waals surface area contributed by atoms with Crippen LogP contribution in [-0.4, -0.2) is 48.0 Å². The van der Waals surface area contributed by atoms with Gasteiger partial charge in [0.1, 0.15) is 0 Å². The molecule has 0 aromatic heterocycles. The zero-order chi connectivity index (χ0) is 8.48. The molecule has 0 unspecified atom stereocenters. The molecule has 3 N–H and O–H groups in total. The Morgan fingerprint density at radius 2 is 1.54 bits per heavy atom. The molecule has 0 saturated carbocycles. The molecular weight excluding hydrogens is 203 g/mol. The molecule has 70 valence electrons. The van der Waals surface area contributed by atoms with Crippen LogP contribution in [0.25, 0.3) is 0 Å². The van der Waals surface area contributed by atoms with Gasteiger partial charge in [0, 0.05) is 0 Å². The van der Waals surface area contributed by atoms with Crippen molar-refractivity contribution in [3.63, 3.8) is 0 Å². The van der Waals surface area contributed by atoms with E-state index < -0.39 is 10.1 Å². The molecule has 0 aliphatic heterocycles. The molecule has 4 nitrogen and oxygen atoms in total. The van der Waals surface area contributed by atoms with Crippen molar-refractivity contribution in [3.8, 4) is 0 Å². The quantitative estimate of drug-likeness (QED) is 0.517. The maximum absolute atomic E-state index is 10.5. The molecular formula is C7H11NaO4S. The Hall–Kier alpha value is 0.0900. The maximum atomic E-state index is 10.5. The second-order valence-electron chi connectivity index (χ2n) is 2.29. The van der Waals surface area contributed by atoms with Gasteiger partial charge in [-0.15, -0.1) is 0 Å². The number of benzene rings is 1. The fourth-order valence-electron chi connectivity index (χ4n) is 0.710. The van der Waals surface area contributed by atoms with E-state index in [1.807, 2.05) is 6.92 Å². The first-order valence-corrected chi connectivity index (χ1v) is 4.48. The fraction of sp³-hybridized carbons (Fsp3) is 0.143. The third-order valence-corrected chi connectivity index (χ3v) is 2.19. The SMILES string of the molecule is Cc1ccc(S(=O)(=O)O)cc1.O.[NaH]. The Kier molecular flexibility index (Phi) is 6.87. The number of hydrogen-bond donors (Lipinski definition) is 1. The average Bonchev–Trinajstić information content (AvgIpc) is 1.86. The molecule has 1 aromatic rings. The molecule has 0 atom stereocenters. The Labute approximate surface area is 99.3 Å². The standard InChI is InChI=1S/C7H8O3S.Na.H2O.H/c1-6-2-4-7(5-3-6)11(8,9)10;;;/h2-5H,1H3,(H,8,9,10);;1H2;. The van der Waals surface area contributed by atoms with E-state index in [-0.39, 0.29) is 39.9 Å². The van der Waals surface area contributed by atoms with Crippen molar-refractivity contribution in [1.82, 2.24) is 0 Å². The van der Waals surface area contributed by atoms with E-state index in [1.165, 1.54) is 12.1 Å². The Morgan fingerprint density at radius 1 is 1.15 bits per heavy atom. The third kappa shape index (κ3) is 4.75. The van der Waals surface area contributed by atoms with Crippen LogP contribution in [0.5, 0.6) is 0 Å². The number of rotatable bonds is 1. The van der Waals surface area contributed by atoms with Gasteiger partial charge in [-0.25, -0.2) is 0 Å². The summed E-state index contributed by atoms with van der Waals surface area (Å²) in [5.74, 6) is 0. The van der Waals surface area contributed by atoms with Crippen molar-refractivity contribution in [3.05, 3.63) is 29.8 Å². The van der Waals surface area contributed by atoms with Crippen LogP contribution in [0.1, 0.15) is 5.56 Å². The van der Waals surface area contributed by atoms with Crippen LogP contribution in [-0.2, 0) is 10.1 Å². The summed E-state index contributed by atoms with van der Waals surface area (Å²) in [6, 6.07) is 5.99. The van der Waals surface area contributed by atoms with E-state index in [0.29, 0.717) is 0 Å². The van der Waals surface area contributed by atoms with Crippen LogP contribution < -0.4 is 0 Å². The number of aryl methyl sites for hydroxylation is 1. The summed E-state index contributed by atoms with van der Waals surface area (Å²) in [5, 5.41) is 0. The summed E-state index contributed by atoms with van der Waals surface area (Å²) in [6.07, 6.45) is 0. The molecule has 0 radical (unpaired) electrons. The third-order valence-electron chi connectivity index (χ3n) is 1.32. The molecule has 0 fully saturated rings. The Balaban J connectivity index is 0. The summed E-state index contributed by atoms with van der Waals surface area (Å²) >= 11 is 0. The van der Waals surface area contributed by atoms with E-state index in [4.69, 9.17) is 4.55 Å². The average molecular weight is 214 g/mol. The van der Waals surface area contributed by atoms with Crippen LogP contribution in [0, 0.1) is 6.92 Å². The molecule has 6 heteroatoms. The zero-order valence-electron chi connectivity index (χ0n) is 6.48. The number of hydrogen-bond acceptors (Lipinski definition) is 2. The van der Waals surface area contributed by atoms with Gasteiger partial charge < -0.3 is 5.48 Å². The molecule has 1 rings (SSSR count). The second-order valence-corrected chi connectivity index (χ2v) is 3.71. The van der Waals surface area contributed by atoms with Crippen LogP contribution in [0.2, 0.25) is 0 Å². The Bertz CT molecular complexity index is 343. The van der Waals surface area contributed by atoms with Gasteiger partial charge in [-0.3, -0.25) is 4.55 Å². The van der Waals surface area contributed by atoms with Gasteiger partial charge in [-0.1, -0.05) is 17.7 Å². The van der Waals surface area contributed by atoms with Crippen molar-refractivity contribution in [2.24, 2.45) is 0 Å². The van der Waals surface area contributed by atoms with Gasteiger partial charge in [0.25, 0.3) is 10.1 Å². The van der Waals surface area contributed by atoms with E-state index in [0.717, 1.165) is 5.56 Å². The van der Waals surface area contributed by atoms with Crippen LogP contribution in [0.3, 0.4) is 0 Å². The normalized spacial score (nSPS) is 9.69. The summed E-state index contributed by atoms with van der Waals surface area (Å²) < 4.78 is 29.6. The molecule has 0 bridgehead atoms. The molecule has 0 aliphatic carbocycles. The van der Waals surface area contributed by atoms with Crippen molar-refractivity contribution in [2.75, 3.05) is 0 Å². The molecule has 1 aromatic carbocycles. The molecule has 0 amide bonds. The van der Waals surface area contributed by atoms with Crippen LogP contribution >= 0.6 is 0 Å². The molecule has 13 heavy (non-hydrogen) atoms. The van der Waals surface area contributed by atoms with Crippen molar-refractivity contribution in [2.45, 2.75) is 11.8 Å². The van der Waals surface area contributed by atoms with Crippen molar-refractivity contribution in [1.29, 1.82) is 0 Å². The fourth-order valence-corrected chi connectivity index (χ4v) is 1.19. The van der Waals surface area contributed by atoms with Gasteiger partial charge in [0.05, 0.1) is 4.90 Å². The predicted octanol–water partition coefficient (Wildman–Crippen LogP) is -0.231. The monoisotopic (exact) mass is 214 g/mol. The molecule has 0 aliphatic rings. The first-order valence-electron chi connectivity index (χ1n) is 3.04. The van der Waals surface area contributed by atoms with E-state index >= 15 is 0 Å². The summed E-state index contributed by atoms with van der Waals surface area (Å²) in [6.45, 7) is 1.84. The van der Waals surface area contributed by atoms with Crippen molar-refractivity contribution >= 4 is 39.7 Å². The summed E-state index contributed by atoms with van der Waals surface area (Å²) in [7, 11) is -4.02. The van der Waals surface area contributed by atoms with Gasteiger partial charge >= 0.3 is 29.6 Å². The minimum absolute atomic E-state index is 0. The van der Waals surface area contributed by atoms with Crippen LogP contribution in [0.4, 0.5) is 0 Å². The first-order chi connectivity index (χ1) is 5.00. The van der Waals surface area contributed by atoms with Gasteiger partial charge in [-0.05, 0) is 19.1 Å². The zero-order valence-corrected chi connectivity index (χ0v) is 7.30. The second kappa shape index (κ2) is 5.74. The topological polar surface area (TPSA) is 85.9 Å².